The first-order valence-electron chi connectivity index (χ1n) is 9.50. The van der Waals surface area contributed by atoms with Gasteiger partial charge >= 0.3 is 0 Å². The van der Waals surface area contributed by atoms with Gasteiger partial charge in [-0.3, -0.25) is 0 Å². The molecular weight excluding hydrogens is 354 g/mol. The summed E-state index contributed by atoms with van der Waals surface area (Å²) in [6, 6.07) is 18.4. The third kappa shape index (κ3) is 4.23. The van der Waals surface area contributed by atoms with Crippen LogP contribution < -0.4 is 0 Å². The maximum Gasteiger partial charge on any atom is 0.150 e. The van der Waals surface area contributed by atoms with Crippen molar-refractivity contribution in [2.45, 2.75) is 46.1 Å². The number of halogens is 1. The van der Waals surface area contributed by atoms with Crippen LogP contribution in [0.15, 0.2) is 48.5 Å². The molecule has 27 heavy (non-hydrogen) atoms. The van der Waals surface area contributed by atoms with E-state index in [0.717, 1.165) is 54.9 Å². The van der Waals surface area contributed by atoms with Crippen molar-refractivity contribution in [2.75, 3.05) is 0 Å². The molecule has 0 radical (unpaired) electrons. The van der Waals surface area contributed by atoms with Crippen molar-refractivity contribution in [3.63, 3.8) is 0 Å². The number of benzene rings is 2. The highest BCUT2D eigenvalue weighted by Crippen LogP contribution is 2.25. The van der Waals surface area contributed by atoms with Crippen LogP contribution in [0.25, 0.3) is 11.1 Å². The van der Waals surface area contributed by atoms with E-state index in [-0.39, 0.29) is 0 Å². The molecule has 0 unspecified atom stereocenters. The average Bonchev–Trinajstić information content (AvgIpc) is 3.01. The first-order chi connectivity index (χ1) is 13.2. The van der Waals surface area contributed by atoms with Gasteiger partial charge in [-0.2, -0.15) is 5.26 Å². The summed E-state index contributed by atoms with van der Waals surface area (Å²) in [7, 11) is 0. The van der Waals surface area contributed by atoms with Gasteiger partial charge in [-0.05, 0) is 35.6 Å². The molecule has 0 aliphatic carbocycles. The second kappa shape index (κ2) is 8.88. The van der Waals surface area contributed by atoms with Crippen LogP contribution in [0.3, 0.4) is 0 Å². The van der Waals surface area contributed by atoms with Crippen molar-refractivity contribution >= 4 is 11.6 Å². The zero-order chi connectivity index (χ0) is 19.2. The molecule has 0 spiro atoms. The number of hydrogen-bond acceptors (Lipinski definition) is 2. The Morgan fingerprint density at radius 2 is 1.81 bits per heavy atom. The minimum Gasteiger partial charge on any atom is -0.326 e. The van der Waals surface area contributed by atoms with Gasteiger partial charge in [0.25, 0.3) is 0 Å². The van der Waals surface area contributed by atoms with Gasteiger partial charge in [-0.15, -0.1) is 0 Å². The van der Waals surface area contributed by atoms with Crippen LogP contribution in [0, 0.1) is 11.3 Å². The lowest BCUT2D eigenvalue weighted by molar-refractivity contribution is 0.658. The molecule has 3 rings (SSSR count). The van der Waals surface area contributed by atoms with Gasteiger partial charge in [0.05, 0.1) is 17.3 Å². The molecule has 0 bridgehead atoms. The predicted octanol–water partition coefficient (Wildman–Crippen LogP) is 6.03. The highest BCUT2D eigenvalue weighted by atomic mass is 35.5. The normalized spacial score (nSPS) is 10.7. The molecule has 0 saturated carbocycles. The van der Waals surface area contributed by atoms with E-state index in [0.29, 0.717) is 10.7 Å². The van der Waals surface area contributed by atoms with E-state index in [1.165, 1.54) is 5.56 Å². The molecule has 1 aromatic heterocycles. The van der Waals surface area contributed by atoms with Gasteiger partial charge in [0.1, 0.15) is 5.82 Å². The second-order valence-electron chi connectivity index (χ2n) is 6.66. The Morgan fingerprint density at radius 1 is 1.07 bits per heavy atom. The fourth-order valence-corrected chi connectivity index (χ4v) is 3.69. The highest BCUT2D eigenvalue weighted by molar-refractivity contribution is 6.30. The van der Waals surface area contributed by atoms with Crippen molar-refractivity contribution in [1.29, 1.82) is 5.26 Å². The Kier molecular flexibility index (Phi) is 6.32. The third-order valence-corrected chi connectivity index (χ3v) is 5.15. The van der Waals surface area contributed by atoms with Crippen LogP contribution in [0.2, 0.25) is 5.15 Å². The van der Waals surface area contributed by atoms with Crippen LogP contribution in [0.1, 0.15) is 49.3 Å². The number of unbranched alkanes of at least 4 members (excludes halogenated alkanes) is 1. The van der Waals surface area contributed by atoms with Crippen LogP contribution in [0.4, 0.5) is 0 Å². The Morgan fingerprint density at radius 3 is 2.48 bits per heavy atom. The van der Waals surface area contributed by atoms with E-state index in [9.17, 15) is 5.26 Å². The smallest absolute Gasteiger partial charge is 0.150 e. The van der Waals surface area contributed by atoms with E-state index in [4.69, 9.17) is 11.6 Å². The molecule has 1 heterocycles. The Bertz CT molecular complexity index is 949. The molecule has 0 saturated heterocycles. The summed E-state index contributed by atoms with van der Waals surface area (Å²) < 4.78 is 2.26. The quantitative estimate of drug-likeness (QED) is 0.504. The average molecular weight is 378 g/mol. The zero-order valence-corrected chi connectivity index (χ0v) is 16.6. The summed E-state index contributed by atoms with van der Waals surface area (Å²) in [4.78, 5) is 4.60. The Hall–Kier alpha value is -2.57. The number of aryl methyl sites for hydroxylation is 1. The van der Waals surface area contributed by atoms with Crippen molar-refractivity contribution in [3.05, 3.63) is 76.3 Å². The molecule has 0 amide bonds. The number of nitriles is 1. The number of rotatable bonds is 7. The molecule has 138 valence electrons. The van der Waals surface area contributed by atoms with E-state index >= 15 is 0 Å². The third-order valence-electron chi connectivity index (χ3n) is 4.84. The standard InChI is InChI=1S/C23H24ClN3/c1-3-5-10-22-26-23(24)21(4-2)27(22)16-17-11-13-18(14-12-17)20-9-7-6-8-19(20)15-25/h6-9,11-14H,3-5,10,16H2,1-2H3. The molecular formula is C23H24ClN3. The van der Waals surface area contributed by atoms with Gasteiger partial charge in [-0.25, -0.2) is 4.98 Å². The molecule has 0 aliphatic heterocycles. The topological polar surface area (TPSA) is 41.6 Å². The van der Waals surface area contributed by atoms with E-state index in [2.05, 4.69) is 53.7 Å². The van der Waals surface area contributed by atoms with Crippen LogP contribution in [-0.4, -0.2) is 9.55 Å². The predicted molar refractivity (Wildman–Crippen MR) is 111 cm³/mol. The summed E-state index contributed by atoms with van der Waals surface area (Å²) in [6.45, 7) is 5.07. The van der Waals surface area contributed by atoms with Gasteiger partial charge in [-0.1, -0.05) is 74.3 Å². The summed E-state index contributed by atoms with van der Waals surface area (Å²) in [5.74, 6) is 1.07. The van der Waals surface area contributed by atoms with E-state index in [1.54, 1.807) is 0 Å². The molecule has 3 nitrogen and oxygen atoms in total. The Labute approximate surface area is 166 Å². The molecule has 0 N–H and O–H groups in total. The number of aromatic nitrogens is 2. The summed E-state index contributed by atoms with van der Waals surface area (Å²) in [5, 5.41) is 9.95. The highest BCUT2D eigenvalue weighted by Gasteiger charge is 2.14. The fraction of sp³-hybridized carbons (Fsp3) is 0.304. The van der Waals surface area contributed by atoms with Gasteiger partial charge < -0.3 is 4.57 Å². The molecule has 3 aromatic rings. The molecule has 0 atom stereocenters. The van der Waals surface area contributed by atoms with Crippen molar-refractivity contribution < 1.29 is 0 Å². The summed E-state index contributed by atoms with van der Waals surface area (Å²) >= 11 is 6.37. The Balaban J connectivity index is 1.88. The van der Waals surface area contributed by atoms with Gasteiger partial charge in [0.2, 0.25) is 0 Å². The van der Waals surface area contributed by atoms with Crippen molar-refractivity contribution in [2.24, 2.45) is 0 Å². The molecule has 0 fully saturated rings. The minimum absolute atomic E-state index is 0.628. The summed E-state index contributed by atoms with van der Waals surface area (Å²) in [6.07, 6.45) is 4.06. The maximum atomic E-state index is 9.32. The second-order valence-corrected chi connectivity index (χ2v) is 7.02. The molecule has 4 heteroatoms. The van der Waals surface area contributed by atoms with Gasteiger partial charge in [0.15, 0.2) is 5.15 Å². The number of hydrogen-bond donors (Lipinski definition) is 0. The molecule has 2 aromatic carbocycles. The first-order valence-corrected chi connectivity index (χ1v) is 9.87. The first kappa shape index (κ1) is 19.2. The van der Waals surface area contributed by atoms with Gasteiger partial charge in [0, 0.05) is 13.0 Å². The zero-order valence-electron chi connectivity index (χ0n) is 15.9. The van der Waals surface area contributed by atoms with Crippen molar-refractivity contribution in [3.8, 4) is 17.2 Å². The molecule has 0 aliphatic rings. The monoisotopic (exact) mass is 377 g/mol. The number of imidazole rings is 1. The summed E-state index contributed by atoms with van der Waals surface area (Å²) in [5.41, 5.74) is 5.02. The maximum absolute atomic E-state index is 9.32. The van der Waals surface area contributed by atoms with Crippen LogP contribution >= 0.6 is 11.6 Å². The van der Waals surface area contributed by atoms with E-state index in [1.807, 2.05) is 24.3 Å². The minimum atomic E-state index is 0.628. The van der Waals surface area contributed by atoms with E-state index < -0.39 is 0 Å². The number of nitrogens with zero attached hydrogens (tertiary/aromatic N) is 3. The fourth-order valence-electron chi connectivity index (χ4n) is 3.36. The SMILES string of the molecule is CCCCc1nc(Cl)c(CC)n1Cc1ccc(-c2ccccc2C#N)cc1. The lowest BCUT2D eigenvalue weighted by Crippen LogP contribution is -2.08. The van der Waals surface area contributed by atoms with Crippen LogP contribution in [-0.2, 0) is 19.4 Å². The lowest BCUT2D eigenvalue weighted by atomic mass is 9.99. The van der Waals surface area contributed by atoms with Crippen molar-refractivity contribution in [1.82, 2.24) is 9.55 Å². The largest absolute Gasteiger partial charge is 0.326 e. The van der Waals surface area contributed by atoms with Crippen LogP contribution in [0.5, 0.6) is 0 Å². The lowest BCUT2D eigenvalue weighted by Gasteiger charge is -2.12.